The van der Waals surface area contributed by atoms with Crippen LogP contribution < -0.4 is 10.6 Å². The first-order chi connectivity index (χ1) is 8.65. The van der Waals surface area contributed by atoms with Crippen LogP contribution in [0.2, 0.25) is 0 Å². The van der Waals surface area contributed by atoms with Crippen LogP contribution in [0.4, 0.5) is 0 Å². The summed E-state index contributed by atoms with van der Waals surface area (Å²) < 4.78 is 0. The minimum atomic E-state index is -0.581. The lowest BCUT2D eigenvalue weighted by atomic mass is 10.1. The monoisotopic (exact) mass is 248 g/mol. The molecule has 2 amide bonds. The number of rotatable bonds is 5. The Hall–Kier alpha value is -1.84. The second-order valence-corrected chi connectivity index (χ2v) is 4.22. The maximum atomic E-state index is 11.6. The zero-order chi connectivity index (χ0) is 13.4. The number of hydrogen-bond acceptors (Lipinski definition) is 2. The van der Waals surface area contributed by atoms with Gasteiger partial charge in [-0.1, -0.05) is 43.7 Å². The van der Waals surface area contributed by atoms with Crippen molar-refractivity contribution in [2.24, 2.45) is 0 Å². The Morgan fingerprint density at radius 1 is 1.17 bits per heavy atom. The highest BCUT2D eigenvalue weighted by molar-refractivity contribution is 6.35. The largest absolute Gasteiger partial charge is 0.348 e. The third-order valence-electron chi connectivity index (χ3n) is 2.67. The lowest BCUT2D eigenvalue weighted by Crippen LogP contribution is -2.41. The van der Waals surface area contributed by atoms with E-state index in [4.69, 9.17) is 0 Å². The Labute approximate surface area is 108 Å². The molecular weight excluding hydrogens is 228 g/mol. The van der Waals surface area contributed by atoms with Gasteiger partial charge >= 0.3 is 11.8 Å². The van der Waals surface area contributed by atoms with Crippen molar-refractivity contribution in [2.45, 2.75) is 32.7 Å². The molecule has 0 bridgehead atoms. The van der Waals surface area contributed by atoms with E-state index in [9.17, 15) is 9.59 Å². The minimum Gasteiger partial charge on any atom is -0.348 e. The van der Waals surface area contributed by atoms with Crippen molar-refractivity contribution in [3.8, 4) is 0 Å². The van der Waals surface area contributed by atoms with Gasteiger partial charge in [-0.3, -0.25) is 9.59 Å². The molecule has 0 aromatic heterocycles. The number of hydrogen-bond donors (Lipinski definition) is 2. The molecule has 1 aromatic rings. The molecule has 0 unspecified atom stereocenters. The van der Waals surface area contributed by atoms with Crippen molar-refractivity contribution in [2.75, 3.05) is 6.54 Å². The van der Waals surface area contributed by atoms with Gasteiger partial charge in [-0.05, 0) is 18.9 Å². The number of nitrogens with one attached hydrogen (secondary N) is 2. The number of carbonyl (C=O) groups excluding carboxylic acids is 2. The molecule has 4 heteroatoms. The quantitative estimate of drug-likeness (QED) is 0.616. The summed E-state index contributed by atoms with van der Waals surface area (Å²) in [5.74, 6) is -1.14. The highest BCUT2D eigenvalue weighted by Gasteiger charge is 2.15. The van der Waals surface area contributed by atoms with E-state index >= 15 is 0 Å². The van der Waals surface area contributed by atoms with Gasteiger partial charge < -0.3 is 10.6 Å². The molecule has 0 saturated carbocycles. The van der Waals surface area contributed by atoms with Crippen molar-refractivity contribution in [1.82, 2.24) is 10.6 Å². The van der Waals surface area contributed by atoms with Crippen molar-refractivity contribution < 1.29 is 9.59 Å². The molecule has 0 aliphatic heterocycles. The maximum absolute atomic E-state index is 11.6. The summed E-state index contributed by atoms with van der Waals surface area (Å²) in [7, 11) is 0. The van der Waals surface area contributed by atoms with Crippen LogP contribution in [-0.2, 0) is 9.59 Å². The molecule has 18 heavy (non-hydrogen) atoms. The molecule has 1 rings (SSSR count). The first kappa shape index (κ1) is 14.2. The summed E-state index contributed by atoms with van der Waals surface area (Å²) >= 11 is 0. The summed E-state index contributed by atoms with van der Waals surface area (Å²) in [5, 5.41) is 5.26. The van der Waals surface area contributed by atoms with E-state index < -0.39 is 11.8 Å². The van der Waals surface area contributed by atoms with E-state index in [2.05, 4.69) is 10.6 Å². The number of carbonyl (C=O) groups is 2. The van der Waals surface area contributed by atoms with Gasteiger partial charge in [-0.2, -0.15) is 0 Å². The van der Waals surface area contributed by atoms with Crippen LogP contribution >= 0.6 is 0 Å². The van der Waals surface area contributed by atoms with Crippen molar-refractivity contribution in [3.63, 3.8) is 0 Å². The normalized spacial score (nSPS) is 11.7. The molecule has 1 aromatic carbocycles. The van der Waals surface area contributed by atoms with Crippen LogP contribution in [0.5, 0.6) is 0 Å². The molecule has 0 fully saturated rings. The number of amides is 2. The molecular formula is C14H20N2O2. The predicted octanol–water partition coefficient (Wildman–Crippen LogP) is 1.78. The molecule has 0 heterocycles. The van der Waals surface area contributed by atoms with Crippen LogP contribution in [0.25, 0.3) is 0 Å². The lowest BCUT2D eigenvalue weighted by molar-refractivity contribution is -0.139. The molecule has 98 valence electrons. The number of benzene rings is 1. The molecule has 0 saturated heterocycles. The second-order valence-electron chi connectivity index (χ2n) is 4.22. The Balaban J connectivity index is 2.42. The SMILES string of the molecule is CCCCNC(=O)C(=O)N[C@@H](C)c1ccccc1. The topological polar surface area (TPSA) is 58.2 Å². The molecule has 1 atom stereocenters. The standard InChI is InChI=1S/C14H20N2O2/c1-3-4-10-15-13(17)14(18)16-11(2)12-8-6-5-7-9-12/h5-9,11H,3-4,10H2,1-2H3,(H,15,17)(H,16,18)/t11-/m0/s1. The van der Waals surface area contributed by atoms with Gasteiger partial charge in [0.1, 0.15) is 0 Å². The molecule has 0 aliphatic carbocycles. The summed E-state index contributed by atoms with van der Waals surface area (Å²) in [6, 6.07) is 9.38. The van der Waals surface area contributed by atoms with Crippen LogP contribution in [0.3, 0.4) is 0 Å². The number of unbranched alkanes of at least 4 members (excludes halogenated alkanes) is 1. The van der Waals surface area contributed by atoms with Gasteiger partial charge in [0.2, 0.25) is 0 Å². The van der Waals surface area contributed by atoms with Crippen LogP contribution in [0, 0.1) is 0 Å². The maximum Gasteiger partial charge on any atom is 0.309 e. The van der Waals surface area contributed by atoms with Crippen LogP contribution in [0.1, 0.15) is 38.3 Å². The fourth-order valence-electron chi connectivity index (χ4n) is 1.55. The van der Waals surface area contributed by atoms with Crippen LogP contribution in [-0.4, -0.2) is 18.4 Å². The van der Waals surface area contributed by atoms with Gasteiger partial charge in [0, 0.05) is 6.54 Å². The summed E-state index contributed by atoms with van der Waals surface area (Å²) in [4.78, 5) is 23.1. The lowest BCUT2D eigenvalue weighted by Gasteiger charge is -2.13. The van der Waals surface area contributed by atoms with Gasteiger partial charge in [-0.25, -0.2) is 0 Å². The van der Waals surface area contributed by atoms with Crippen LogP contribution in [0.15, 0.2) is 30.3 Å². The molecule has 2 N–H and O–H groups in total. The zero-order valence-electron chi connectivity index (χ0n) is 10.9. The Morgan fingerprint density at radius 3 is 2.44 bits per heavy atom. The molecule has 0 radical (unpaired) electrons. The van der Waals surface area contributed by atoms with Gasteiger partial charge in [0.15, 0.2) is 0 Å². The van der Waals surface area contributed by atoms with E-state index in [1.54, 1.807) is 0 Å². The summed E-state index contributed by atoms with van der Waals surface area (Å²) in [6.07, 6.45) is 1.87. The highest BCUT2D eigenvalue weighted by Crippen LogP contribution is 2.10. The van der Waals surface area contributed by atoms with E-state index in [1.807, 2.05) is 44.2 Å². The molecule has 0 spiro atoms. The predicted molar refractivity (Wildman–Crippen MR) is 70.9 cm³/mol. The van der Waals surface area contributed by atoms with Crippen molar-refractivity contribution >= 4 is 11.8 Å². The third kappa shape index (κ3) is 4.57. The Morgan fingerprint density at radius 2 is 1.83 bits per heavy atom. The Kier molecular flexibility index (Phi) is 5.91. The summed E-state index contributed by atoms with van der Waals surface area (Å²) in [6.45, 7) is 4.43. The fraction of sp³-hybridized carbons (Fsp3) is 0.429. The fourth-order valence-corrected chi connectivity index (χ4v) is 1.55. The van der Waals surface area contributed by atoms with Gasteiger partial charge in [-0.15, -0.1) is 0 Å². The van der Waals surface area contributed by atoms with Gasteiger partial charge in [0.25, 0.3) is 0 Å². The highest BCUT2D eigenvalue weighted by atomic mass is 16.2. The van der Waals surface area contributed by atoms with E-state index in [0.29, 0.717) is 6.54 Å². The average molecular weight is 248 g/mol. The average Bonchev–Trinajstić information content (AvgIpc) is 2.39. The smallest absolute Gasteiger partial charge is 0.309 e. The Bertz CT molecular complexity index is 390. The first-order valence-electron chi connectivity index (χ1n) is 6.28. The van der Waals surface area contributed by atoms with E-state index in [-0.39, 0.29) is 6.04 Å². The second kappa shape index (κ2) is 7.48. The molecule has 0 aliphatic rings. The summed E-state index contributed by atoms with van der Waals surface area (Å²) in [5.41, 5.74) is 0.979. The first-order valence-corrected chi connectivity index (χ1v) is 6.28. The van der Waals surface area contributed by atoms with E-state index in [0.717, 1.165) is 18.4 Å². The molecule has 4 nitrogen and oxygen atoms in total. The van der Waals surface area contributed by atoms with Gasteiger partial charge in [0.05, 0.1) is 6.04 Å². The van der Waals surface area contributed by atoms with Crippen molar-refractivity contribution in [1.29, 1.82) is 0 Å². The third-order valence-corrected chi connectivity index (χ3v) is 2.67. The van der Waals surface area contributed by atoms with Crippen molar-refractivity contribution in [3.05, 3.63) is 35.9 Å². The zero-order valence-corrected chi connectivity index (χ0v) is 10.9. The minimum absolute atomic E-state index is 0.171. The van der Waals surface area contributed by atoms with E-state index in [1.165, 1.54) is 0 Å².